The van der Waals surface area contributed by atoms with Crippen molar-refractivity contribution in [3.05, 3.63) is 35.4 Å². The molecule has 0 bridgehead atoms. The molecule has 102 valence electrons. The molecule has 1 aromatic rings. The number of hydrogen-bond acceptors (Lipinski definition) is 2. The van der Waals surface area contributed by atoms with E-state index < -0.39 is 0 Å². The van der Waals surface area contributed by atoms with Gasteiger partial charge in [-0.25, -0.2) is 0 Å². The van der Waals surface area contributed by atoms with E-state index in [0.717, 1.165) is 32.1 Å². The summed E-state index contributed by atoms with van der Waals surface area (Å²) >= 11 is 0. The fourth-order valence-electron chi connectivity index (χ4n) is 2.57. The van der Waals surface area contributed by atoms with Crippen LogP contribution in [0.2, 0.25) is 0 Å². The molecule has 0 radical (unpaired) electrons. The Kier molecular flexibility index (Phi) is 3.31. The maximum atomic E-state index is 11.8. The molecule has 3 heteroatoms. The molecule has 2 aliphatic rings. The first-order valence-corrected chi connectivity index (χ1v) is 7.33. The first kappa shape index (κ1) is 12.7. The molecule has 19 heavy (non-hydrogen) atoms. The topological polar surface area (TPSA) is 55.1 Å². The first-order valence-electron chi connectivity index (χ1n) is 7.33. The van der Waals surface area contributed by atoms with Gasteiger partial charge in [-0.05, 0) is 49.7 Å². The first-order chi connectivity index (χ1) is 9.16. The Balaban J connectivity index is 1.53. The minimum absolute atomic E-state index is 0.0792. The number of nitrogens with one attached hydrogen (secondary N) is 1. The van der Waals surface area contributed by atoms with E-state index in [9.17, 15) is 4.79 Å². The van der Waals surface area contributed by atoms with Gasteiger partial charge in [0, 0.05) is 18.0 Å². The van der Waals surface area contributed by atoms with E-state index in [2.05, 4.69) is 29.6 Å². The lowest BCUT2D eigenvalue weighted by molar-refractivity contribution is -0.122. The van der Waals surface area contributed by atoms with E-state index >= 15 is 0 Å². The second-order valence-corrected chi connectivity index (χ2v) is 6.05. The van der Waals surface area contributed by atoms with Crippen LogP contribution in [0.15, 0.2) is 24.3 Å². The van der Waals surface area contributed by atoms with Crippen LogP contribution in [-0.4, -0.2) is 11.9 Å². The van der Waals surface area contributed by atoms with Crippen molar-refractivity contribution in [2.75, 3.05) is 0 Å². The Morgan fingerprint density at radius 3 is 2.79 bits per heavy atom. The second-order valence-electron chi connectivity index (χ2n) is 6.05. The van der Waals surface area contributed by atoms with Crippen LogP contribution in [0, 0.1) is 0 Å². The van der Waals surface area contributed by atoms with E-state index in [1.165, 1.54) is 17.5 Å². The lowest BCUT2D eigenvalue weighted by Crippen LogP contribution is -2.39. The van der Waals surface area contributed by atoms with E-state index in [0.29, 0.717) is 12.5 Å². The summed E-state index contributed by atoms with van der Waals surface area (Å²) in [4.78, 5) is 11.8. The van der Waals surface area contributed by atoms with Crippen molar-refractivity contribution in [3.8, 4) is 0 Å². The Labute approximate surface area is 114 Å². The molecular weight excluding hydrogens is 236 g/mol. The number of aryl methyl sites for hydroxylation is 1. The van der Waals surface area contributed by atoms with Crippen molar-refractivity contribution < 1.29 is 4.79 Å². The molecule has 2 saturated carbocycles. The third-order valence-electron chi connectivity index (χ3n) is 4.40. The van der Waals surface area contributed by atoms with Gasteiger partial charge in [-0.15, -0.1) is 0 Å². The normalized spacial score (nSPS) is 20.7. The van der Waals surface area contributed by atoms with Crippen LogP contribution in [0.5, 0.6) is 0 Å². The number of rotatable bonds is 5. The Hall–Kier alpha value is -1.35. The van der Waals surface area contributed by atoms with Crippen LogP contribution in [0.3, 0.4) is 0 Å². The predicted octanol–water partition coefficient (Wildman–Crippen LogP) is 2.24. The summed E-state index contributed by atoms with van der Waals surface area (Å²) in [5.74, 6) is 0.184. The van der Waals surface area contributed by atoms with Crippen LogP contribution >= 0.6 is 0 Å². The Morgan fingerprint density at radius 2 is 2.16 bits per heavy atom. The summed E-state index contributed by atoms with van der Waals surface area (Å²) in [6.45, 7) is 0. The van der Waals surface area contributed by atoms with Crippen LogP contribution in [-0.2, 0) is 16.8 Å². The average molecular weight is 258 g/mol. The summed E-state index contributed by atoms with van der Waals surface area (Å²) in [5.41, 5.74) is 8.57. The molecule has 0 aromatic heterocycles. The molecule has 3 rings (SSSR count). The summed E-state index contributed by atoms with van der Waals surface area (Å²) < 4.78 is 0. The molecule has 3 N–H and O–H groups in total. The summed E-state index contributed by atoms with van der Waals surface area (Å²) in [7, 11) is 0. The smallest absolute Gasteiger partial charge is 0.220 e. The van der Waals surface area contributed by atoms with Gasteiger partial charge in [-0.2, -0.15) is 0 Å². The molecule has 0 aliphatic heterocycles. The zero-order chi connectivity index (χ0) is 13.3. The monoisotopic (exact) mass is 258 g/mol. The number of benzene rings is 1. The highest BCUT2D eigenvalue weighted by atomic mass is 16.1. The second kappa shape index (κ2) is 4.97. The maximum absolute atomic E-state index is 11.8. The van der Waals surface area contributed by atoms with Gasteiger partial charge in [0.2, 0.25) is 5.91 Å². The van der Waals surface area contributed by atoms with Gasteiger partial charge in [0.25, 0.3) is 0 Å². The van der Waals surface area contributed by atoms with Crippen LogP contribution < -0.4 is 11.1 Å². The van der Waals surface area contributed by atoms with Gasteiger partial charge < -0.3 is 11.1 Å². The SMILES string of the molecule is NC1(c2cccc(CCC(=O)NC3CCC3)c2)CC1. The van der Waals surface area contributed by atoms with Gasteiger partial charge in [0.15, 0.2) is 0 Å². The lowest BCUT2D eigenvalue weighted by atomic mass is 9.93. The summed E-state index contributed by atoms with van der Waals surface area (Å²) in [6.07, 6.45) is 7.11. The molecule has 0 heterocycles. The fourth-order valence-corrected chi connectivity index (χ4v) is 2.57. The van der Waals surface area contributed by atoms with Crippen LogP contribution in [0.25, 0.3) is 0 Å². The Morgan fingerprint density at radius 1 is 1.37 bits per heavy atom. The molecule has 1 amide bonds. The molecule has 2 fully saturated rings. The zero-order valence-corrected chi connectivity index (χ0v) is 11.3. The minimum atomic E-state index is -0.0792. The number of carbonyl (C=O) groups excluding carboxylic acids is 1. The molecular formula is C16H22N2O. The van der Waals surface area contributed by atoms with Gasteiger partial charge in [-0.1, -0.05) is 24.3 Å². The van der Waals surface area contributed by atoms with E-state index in [1.807, 2.05) is 0 Å². The summed E-state index contributed by atoms with van der Waals surface area (Å²) in [5, 5.41) is 3.08. The molecule has 0 spiro atoms. The van der Waals surface area contributed by atoms with Crippen LogP contribution in [0.1, 0.15) is 49.7 Å². The predicted molar refractivity (Wildman–Crippen MR) is 75.6 cm³/mol. The van der Waals surface area contributed by atoms with Gasteiger partial charge in [-0.3, -0.25) is 4.79 Å². The lowest BCUT2D eigenvalue weighted by Gasteiger charge is -2.26. The fraction of sp³-hybridized carbons (Fsp3) is 0.562. The van der Waals surface area contributed by atoms with Crippen molar-refractivity contribution in [2.45, 2.75) is 56.5 Å². The largest absolute Gasteiger partial charge is 0.353 e. The van der Waals surface area contributed by atoms with Crippen molar-refractivity contribution >= 4 is 5.91 Å². The Bertz CT molecular complexity index is 475. The number of nitrogens with two attached hydrogens (primary N) is 1. The van der Waals surface area contributed by atoms with E-state index in [4.69, 9.17) is 5.73 Å². The standard InChI is InChI=1S/C16H22N2O/c17-16(9-10-16)13-4-1-3-12(11-13)7-8-15(19)18-14-5-2-6-14/h1,3-4,11,14H,2,5-10,17H2,(H,18,19). The van der Waals surface area contributed by atoms with Crippen molar-refractivity contribution in [1.82, 2.24) is 5.32 Å². The molecule has 0 unspecified atom stereocenters. The number of hydrogen-bond donors (Lipinski definition) is 2. The number of amides is 1. The van der Waals surface area contributed by atoms with Gasteiger partial charge in [0.1, 0.15) is 0 Å². The zero-order valence-electron chi connectivity index (χ0n) is 11.3. The van der Waals surface area contributed by atoms with Crippen molar-refractivity contribution in [3.63, 3.8) is 0 Å². The molecule has 0 atom stereocenters. The average Bonchev–Trinajstić information content (AvgIpc) is 3.11. The van der Waals surface area contributed by atoms with E-state index in [1.54, 1.807) is 0 Å². The number of carbonyl (C=O) groups is 1. The maximum Gasteiger partial charge on any atom is 0.220 e. The summed E-state index contributed by atoms with van der Waals surface area (Å²) in [6, 6.07) is 8.86. The van der Waals surface area contributed by atoms with Crippen molar-refractivity contribution in [2.24, 2.45) is 5.73 Å². The third kappa shape index (κ3) is 2.98. The van der Waals surface area contributed by atoms with E-state index in [-0.39, 0.29) is 11.4 Å². The van der Waals surface area contributed by atoms with Crippen LogP contribution in [0.4, 0.5) is 0 Å². The van der Waals surface area contributed by atoms with Gasteiger partial charge in [0.05, 0.1) is 0 Å². The quantitative estimate of drug-likeness (QED) is 0.851. The molecule has 3 nitrogen and oxygen atoms in total. The third-order valence-corrected chi connectivity index (χ3v) is 4.40. The van der Waals surface area contributed by atoms with Gasteiger partial charge >= 0.3 is 0 Å². The van der Waals surface area contributed by atoms with Crippen molar-refractivity contribution in [1.29, 1.82) is 0 Å². The highest BCUT2D eigenvalue weighted by Gasteiger charge is 2.39. The highest BCUT2D eigenvalue weighted by molar-refractivity contribution is 5.76. The highest BCUT2D eigenvalue weighted by Crippen LogP contribution is 2.42. The molecule has 0 saturated heterocycles. The minimum Gasteiger partial charge on any atom is -0.353 e. The molecule has 1 aromatic carbocycles. The molecule has 2 aliphatic carbocycles.